The fraction of sp³-hybridized carbons (Fsp3) is 0.571. The number of nitrogens with zero attached hydrogens (tertiary/aromatic N) is 1. The van der Waals surface area contributed by atoms with Gasteiger partial charge in [-0.15, -0.1) is 0 Å². The number of nitrogens with one attached hydrogen (secondary N) is 1. The van der Waals surface area contributed by atoms with Crippen LogP contribution in [0.25, 0.3) is 0 Å². The zero-order valence-electron chi connectivity index (χ0n) is 10.7. The van der Waals surface area contributed by atoms with Crippen LogP contribution >= 0.6 is 12.2 Å². The highest BCUT2D eigenvalue weighted by Crippen LogP contribution is 1.89. The minimum atomic E-state index is -2.82. The molecule has 0 bridgehead atoms. The molecule has 0 spiro atoms. The minimum absolute atomic E-state index is 0.0930. The summed E-state index contributed by atoms with van der Waals surface area (Å²) in [6.45, 7) is -0.153. The second kappa shape index (κ2) is 6.14. The van der Waals surface area contributed by atoms with Crippen molar-refractivity contribution in [2.45, 2.75) is 13.8 Å². The number of rotatable bonds is 1. The second-order valence-electron chi connectivity index (χ2n) is 2.03. The number of carbonyl (C=O) groups excluding carboxylic acids is 2. The molecule has 0 radical (unpaired) electrons. The summed E-state index contributed by atoms with van der Waals surface area (Å²) >= 11 is 4.61. The van der Waals surface area contributed by atoms with Crippen molar-refractivity contribution in [1.82, 2.24) is 10.4 Å². The van der Waals surface area contributed by atoms with Crippen LogP contribution in [0.15, 0.2) is 0 Å². The van der Waals surface area contributed by atoms with Gasteiger partial charge < -0.3 is 9.57 Å². The van der Waals surface area contributed by atoms with Crippen molar-refractivity contribution >= 4 is 29.4 Å². The van der Waals surface area contributed by atoms with E-state index < -0.39 is 24.2 Å². The van der Waals surface area contributed by atoms with E-state index in [0.29, 0.717) is 0 Å². The molecule has 0 aliphatic carbocycles. The Bertz CT molecular complexity index is 321. The predicted octanol–water partition coefficient (Wildman–Crippen LogP) is 0.427. The normalized spacial score (nSPS) is 12.9. The highest BCUT2D eigenvalue weighted by molar-refractivity contribution is 7.80. The first-order valence-corrected chi connectivity index (χ1v) is 4.05. The molecule has 0 fully saturated rings. The van der Waals surface area contributed by atoms with E-state index in [-0.39, 0.29) is 11.7 Å². The number of alkyl carbamates (subject to hydrolysis) is 1. The number of hydroxylamine groups is 2. The third-order valence-electron chi connectivity index (χ3n) is 0.889. The molecule has 0 aromatic rings. The lowest BCUT2D eigenvalue weighted by molar-refractivity contribution is -0.165. The lowest BCUT2D eigenvalue weighted by atomic mass is 10.8. The summed E-state index contributed by atoms with van der Waals surface area (Å²) in [5.74, 6) is -0.880. The maximum atomic E-state index is 11.0. The monoisotopic (exact) mass is 223 g/mol. The second-order valence-corrected chi connectivity index (χ2v) is 2.41. The van der Waals surface area contributed by atoms with Crippen LogP contribution in [-0.2, 0) is 14.4 Å². The van der Waals surface area contributed by atoms with Gasteiger partial charge in [-0.2, -0.15) is 5.06 Å². The summed E-state index contributed by atoms with van der Waals surface area (Å²) < 4.78 is 25.7. The molecule has 0 aromatic heterocycles. The van der Waals surface area contributed by atoms with Gasteiger partial charge in [0, 0.05) is 18.0 Å². The first kappa shape index (κ1) is 7.98. The van der Waals surface area contributed by atoms with Crippen molar-refractivity contribution in [3.8, 4) is 0 Å². The van der Waals surface area contributed by atoms with Crippen molar-refractivity contribution in [2.75, 3.05) is 13.6 Å². The number of hydrogen-bond acceptors (Lipinski definition) is 5. The predicted molar refractivity (Wildman–Crippen MR) is 52.3 cm³/mol. The third kappa shape index (κ3) is 5.31. The fourth-order valence-corrected chi connectivity index (χ4v) is 0.596. The largest absolute Gasteiger partial charge is 0.450 e. The van der Waals surface area contributed by atoms with Crippen LogP contribution in [0, 0.1) is 0 Å². The first-order chi connectivity index (χ1) is 7.68. The molecule has 0 saturated carbocycles. The molecule has 7 heteroatoms. The van der Waals surface area contributed by atoms with Gasteiger partial charge in [-0.25, -0.2) is 4.79 Å². The Labute approximate surface area is 91.3 Å². The Morgan fingerprint density at radius 3 is 2.71 bits per heavy atom. The molecular weight excluding hydrogens is 208 g/mol. The van der Waals surface area contributed by atoms with E-state index in [1.807, 2.05) is 5.32 Å². The maximum Gasteiger partial charge on any atom is 0.413 e. The van der Waals surface area contributed by atoms with E-state index in [2.05, 4.69) is 21.8 Å². The Balaban J connectivity index is 4.65. The van der Waals surface area contributed by atoms with Gasteiger partial charge in [-0.3, -0.25) is 10.1 Å². The number of amides is 1. The van der Waals surface area contributed by atoms with Crippen LogP contribution in [0.4, 0.5) is 4.79 Å². The first-order valence-electron chi connectivity index (χ1n) is 5.15. The highest BCUT2D eigenvalue weighted by atomic mass is 32.1. The smallest absolute Gasteiger partial charge is 0.413 e. The molecule has 1 N–H and O–H groups in total. The van der Waals surface area contributed by atoms with Crippen LogP contribution in [-0.4, -0.2) is 35.8 Å². The van der Waals surface area contributed by atoms with Gasteiger partial charge in [-0.05, 0) is 19.1 Å². The average Bonchev–Trinajstić information content (AvgIpc) is 2.12. The quantitative estimate of drug-likeness (QED) is 0.513. The van der Waals surface area contributed by atoms with Crippen molar-refractivity contribution < 1.29 is 23.3 Å². The summed E-state index contributed by atoms with van der Waals surface area (Å²) in [5, 5.41) is 1.52. The van der Waals surface area contributed by atoms with Gasteiger partial charge in [-0.1, -0.05) is 0 Å². The standard InChI is InChI=1S/C7H12N2O4S/c1-4-12-7(11)8-6(14)9(3)13-5(2)10/h4H2,1-3H3,(H,8,11,14)/i3D3. The number of ether oxygens (including phenoxy) is 1. The zero-order valence-corrected chi connectivity index (χ0v) is 8.51. The van der Waals surface area contributed by atoms with E-state index in [1.165, 1.54) is 0 Å². The highest BCUT2D eigenvalue weighted by Gasteiger charge is 2.11. The molecule has 80 valence electrons. The summed E-state index contributed by atoms with van der Waals surface area (Å²) in [6.07, 6.45) is -0.932. The van der Waals surface area contributed by atoms with Crippen LogP contribution < -0.4 is 5.32 Å². The van der Waals surface area contributed by atoms with E-state index in [0.717, 1.165) is 6.92 Å². The topological polar surface area (TPSA) is 67.9 Å². The molecule has 0 unspecified atom stereocenters. The molecule has 0 saturated heterocycles. The molecule has 0 heterocycles. The molecule has 0 aliphatic rings. The third-order valence-corrected chi connectivity index (χ3v) is 1.16. The maximum absolute atomic E-state index is 11.0. The summed E-state index contributed by atoms with van der Waals surface area (Å²) in [7, 11) is 0. The van der Waals surface area contributed by atoms with Crippen molar-refractivity contribution in [1.29, 1.82) is 0 Å². The molecule has 0 rings (SSSR count). The van der Waals surface area contributed by atoms with Crippen LogP contribution in [0.1, 0.15) is 18.0 Å². The number of hydrogen-bond donors (Lipinski definition) is 1. The summed E-state index contributed by atoms with van der Waals surface area (Å²) in [5.41, 5.74) is 0. The van der Waals surface area contributed by atoms with E-state index >= 15 is 0 Å². The Hall–Kier alpha value is -1.37. The van der Waals surface area contributed by atoms with Gasteiger partial charge in [0.1, 0.15) is 0 Å². The van der Waals surface area contributed by atoms with Gasteiger partial charge in [0.15, 0.2) is 0 Å². The van der Waals surface area contributed by atoms with Crippen molar-refractivity contribution in [3.63, 3.8) is 0 Å². The molecule has 1 amide bonds. The fourth-order valence-electron chi connectivity index (χ4n) is 0.475. The van der Waals surface area contributed by atoms with Crippen molar-refractivity contribution in [2.24, 2.45) is 0 Å². The SMILES string of the molecule is [2H]C([2H])([2H])N(OC(C)=O)C(=S)NC(=O)OCC. The summed E-state index contributed by atoms with van der Waals surface area (Å²) in [4.78, 5) is 26.1. The van der Waals surface area contributed by atoms with Gasteiger partial charge in [0.25, 0.3) is 0 Å². The van der Waals surface area contributed by atoms with Crippen molar-refractivity contribution in [3.05, 3.63) is 0 Å². The van der Waals surface area contributed by atoms with Crippen LogP contribution in [0.2, 0.25) is 0 Å². The van der Waals surface area contributed by atoms with E-state index in [9.17, 15) is 9.59 Å². The molecule has 6 nitrogen and oxygen atoms in total. The van der Waals surface area contributed by atoms with Gasteiger partial charge in [0.05, 0.1) is 6.61 Å². The summed E-state index contributed by atoms with van der Waals surface area (Å²) in [6, 6.07) is 0. The number of carbonyl (C=O) groups is 2. The zero-order chi connectivity index (χ0) is 13.6. The Morgan fingerprint density at radius 2 is 2.29 bits per heavy atom. The van der Waals surface area contributed by atoms with E-state index in [4.69, 9.17) is 4.11 Å². The van der Waals surface area contributed by atoms with Gasteiger partial charge >= 0.3 is 12.1 Å². The van der Waals surface area contributed by atoms with Crippen LogP contribution in [0.5, 0.6) is 0 Å². The minimum Gasteiger partial charge on any atom is -0.450 e. The number of thiocarbonyl (C=S) groups is 1. The molecular formula is C7H12N2O4S. The molecule has 0 aromatic carbocycles. The molecule has 14 heavy (non-hydrogen) atoms. The lowest BCUT2D eigenvalue weighted by Gasteiger charge is -2.17. The van der Waals surface area contributed by atoms with Crippen LogP contribution in [0.3, 0.4) is 0 Å². The molecule has 0 atom stereocenters. The average molecular weight is 223 g/mol. The Kier molecular flexibility index (Phi) is 3.50. The van der Waals surface area contributed by atoms with Gasteiger partial charge in [0.2, 0.25) is 5.11 Å². The lowest BCUT2D eigenvalue weighted by Crippen LogP contribution is -2.41. The molecule has 0 aliphatic heterocycles. The van der Waals surface area contributed by atoms with E-state index in [1.54, 1.807) is 6.92 Å². The Morgan fingerprint density at radius 1 is 1.64 bits per heavy atom.